The van der Waals surface area contributed by atoms with Crippen LogP contribution < -0.4 is 16.0 Å². The number of aromatic nitrogens is 2. The maximum absolute atomic E-state index is 11.7. The molecule has 1 aromatic carbocycles. The first kappa shape index (κ1) is 22.2. The number of nitrogens with one attached hydrogen (secondary N) is 3. The summed E-state index contributed by atoms with van der Waals surface area (Å²) in [7, 11) is 1.75. The second-order valence-corrected chi connectivity index (χ2v) is 6.77. The predicted molar refractivity (Wildman–Crippen MR) is 122 cm³/mol. The van der Waals surface area contributed by atoms with E-state index in [9.17, 15) is 4.79 Å². The summed E-state index contributed by atoms with van der Waals surface area (Å²) in [6.07, 6.45) is 7.34. The number of nitrogens with zero attached hydrogens (tertiary/aromatic N) is 3. The van der Waals surface area contributed by atoms with E-state index in [-0.39, 0.29) is 29.9 Å². The normalized spacial score (nSPS) is 13.5. The van der Waals surface area contributed by atoms with Crippen LogP contribution in [0.3, 0.4) is 0 Å². The first-order valence-electron chi connectivity index (χ1n) is 9.52. The smallest absolute Gasteiger partial charge is 0.220 e. The van der Waals surface area contributed by atoms with Crippen molar-refractivity contribution in [3.05, 3.63) is 53.9 Å². The van der Waals surface area contributed by atoms with Gasteiger partial charge in [0.05, 0.1) is 6.54 Å². The summed E-state index contributed by atoms with van der Waals surface area (Å²) in [5, 5.41) is 13.9. The maximum Gasteiger partial charge on any atom is 0.220 e. The molecule has 0 unspecified atom stereocenters. The molecule has 1 aliphatic rings. The van der Waals surface area contributed by atoms with E-state index in [1.807, 2.05) is 29.1 Å². The van der Waals surface area contributed by atoms with Gasteiger partial charge in [0.1, 0.15) is 0 Å². The second-order valence-electron chi connectivity index (χ2n) is 6.77. The number of guanidine groups is 1. The molecule has 3 rings (SSSR count). The fourth-order valence-corrected chi connectivity index (χ4v) is 2.84. The fraction of sp³-hybridized carbons (Fsp3) is 0.450. The highest BCUT2D eigenvalue weighted by Crippen LogP contribution is 2.18. The fourth-order valence-electron chi connectivity index (χ4n) is 2.84. The molecule has 0 spiro atoms. The van der Waals surface area contributed by atoms with Crippen LogP contribution in [-0.4, -0.2) is 41.3 Å². The monoisotopic (exact) mass is 496 g/mol. The molecule has 0 radical (unpaired) electrons. The summed E-state index contributed by atoms with van der Waals surface area (Å²) in [6, 6.07) is 10.7. The summed E-state index contributed by atoms with van der Waals surface area (Å²) >= 11 is 0. The van der Waals surface area contributed by atoms with Crippen molar-refractivity contribution in [2.24, 2.45) is 4.99 Å². The zero-order chi connectivity index (χ0) is 18.9. The van der Waals surface area contributed by atoms with Crippen molar-refractivity contribution in [3.63, 3.8) is 0 Å². The average molecular weight is 496 g/mol. The van der Waals surface area contributed by atoms with E-state index in [1.54, 1.807) is 13.2 Å². The third-order valence-electron chi connectivity index (χ3n) is 4.50. The molecule has 1 heterocycles. The number of amides is 1. The molecule has 1 aliphatic carbocycles. The van der Waals surface area contributed by atoms with Gasteiger partial charge in [0, 0.05) is 45.0 Å². The molecule has 0 aliphatic heterocycles. The predicted octanol–water partition coefficient (Wildman–Crippen LogP) is 2.27. The third kappa shape index (κ3) is 7.49. The summed E-state index contributed by atoms with van der Waals surface area (Å²) in [5.41, 5.74) is 2.43. The summed E-state index contributed by atoms with van der Waals surface area (Å²) < 4.78 is 1.92. The number of aliphatic imine (C=N–C) groups is 1. The Morgan fingerprint density at radius 3 is 2.68 bits per heavy atom. The van der Waals surface area contributed by atoms with E-state index >= 15 is 0 Å². The Hall–Kier alpha value is -2.10. The van der Waals surface area contributed by atoms with Crippen LogP contribution in [0.1, 0.15) is 36.8 Å². The lowest BCUT2D eigenvalue weighted by Crippen LogP contribution is -2.38. The Morgan fingerprint density at radius 1 is 1.21 bits per heavy atom. The van der Waals surface area contributed by atoms with Crippen molar-refractivity contribution in [1.82, 2.24) is 25.7 Å². The molecule has 8 heteroatoms. The highest BCUT2D eigenvalue weighted by atomic mass is 127. The highest BCUT2D eigenvalue weighted by molar-refractivity contribution is 14.0. The zero-order valence-corrected chi connectivity index (χ0v) is 18.6. The van der Waals surface area contributed by atoms with Gasteiger partial charge in [-0.25, -0.2) is 0 Å². The van der Waals surface area contributed by atoms with Crippen LogP contribution in [0.5, 0.6) is 0 Å². The van der Waals surface area contributed by atoms with Gasteiger partial charge in [-0.1, -0.05) is 24.3 Å². The van der Waals surface area contributed by atoms with Gasteiger partial charge in [0.2, 0.25) is 5.91 Å². The van der Waals surface area contributed by atoms with Crippen molar-refractivity contribution in [1.29, 1.82) is 0 Å². The molecular formula is C20H29IN6O. The minimum absolute atomic E-state index is 0. The Labute approximate surface area is 183 Å². The van der Waals surface area contributed by atoms with Crippen molar-refractivity contribution in [2.45, 2.75) is 44.8 Å². The van der Waals surface area contributed by atoms with Gasteiger partial charge >= 0.3 is 0 Å². The lowest BCUT2D eigenvalue weighted by Gasteiger charge is -2.14. The molecule has 3 N–H and O–H groups in total. The molecule has 1 amide bonds. The summed E-state index contributed by atoms with van der Waals surface area (Å²) in [6.45, 7) is 2.14. The number of carbonyl (C=O) groups excluding carboxylic acids is 1. The molecule has 0 bridgehead atoms. The topological polar surface area (TPSA) is 83.3 Å². The van der Waals surface area contributed by atoms with Gasteiger partial charge in [0.25, 0.3) is 0 Å². The van der Waals surface area contributed by atoms with Crippen LogP contribution in [0.2, 0.25) is 0 Å². The minimum Gasteiger partial charge on any atom is -0.356 e. The first-order valence-corrected chi connectivity index (χ1v) is 9.52. The third-order valence-corrected chi connectivity index (χ3v) is 4.50. The van der Waals surface area contributed by atoms with Gasteiger partial charge in [-0.2, -0.15) is 5.10 Å². The number of rotatable bonds is 9. The van der Waals surface area contributed by atoms with E-state index < -0.39 is 0 Å². The largest absolute Gasteiger partial charge is 0.356 e. The quantitative estimate of drug-likeness (QED) is 0.215. The van der Waals surface area contributed by atoms with Crippen molar-refractivity contribution >= 4 is 35.8 Å². The van der Waals surface area contributed by atoms with Crippen molar-refractivity contribution in [2.75, 3.05) is 13.6 Å². The lowest BCUT2D eigenvalue weighted by atomic mass is 10.1. The molecule has 152 valence electrons. The SMILES string of the molecule is CN=C(NCCCC(=O)NC1CC1)NCc1ccccc1Cn1cccn1.I. The van der Waals surface area contributed by atoms with Gasteiger partial charge in [-0.3, -0.25) is 14.5 Å². The Bertz CT molecular complexity index is 758. The second kappa shape index (κ2) is 11.7. The molecule has 0 saturated heterocycles. The molecule has 7 nitrogen and oxygen atoms in total. The first-order chi connectivity index (χ1) is 13.2. The van der Waals surface area contributed by atoms with E-state index in [0.717, 1.165) is 31.8 Å². The van der Waals surface area contributed by atoms with Crippen molar-refractivity contribution < 1.29 is 4.79 Å². The Kier molecular flexibility index (Phi) is 9.26. The van der Waals surface area contributed by atoms with Crippen LogP contribution in [-0.2, 0) is 17.9 Å². The van der Waals surface area contributed by atoms with Crippen molar-refractivity contribution in [3.8, 4) is 0 Å². The van der Waals surface area contributed by atoms with E-state index in [4.69, 9.17) is 0 Å². The molecule has 28 heavy (non-hydrogen) atoms. The molecule has 0 atom stereocenters. The highest BCUT2D eigenvalue weighted by Gasteiger charge is 2.22. The maximum atomic E-state index is 11.7. The molecule has 1 aromatic heterocycles. The number of hydrogen-bond acceptors (Lipinski definition) is 3. The lowest BCUT2D eigenvalue weighted by molar-refractivity contribution is -0.121. The number of hydrogen-bond donors (Lipinski definition) is 3. The number of carbonyl (C=O) groups is 1. The zero-order valence-electron chi connectivity index (χ0n) is 16.2. The standard InChI is InChI=1S/C20H28N6O.HI/c1-21-20(22-11-4-8-19(27)25-18-9-10-18)23-14-16-6-2-3-7-17(16)15-26-13-5-12-24-26;/h2-3,5-7,12-13,18H,4,8-11,14-15H2,1H3,(H,25,27)(H2,21,22,23);1H. The van der Waals surface area contributed by atoms with E-state index in [1.165, 1.54) is 11.1 Å². The summed E-state index contributed by atoms with van der Waals surface area (Å²) in [4.78, 5) is 16.0. The van der Waals surface area contributed by atoms with Crippen LogP contribution in [0.15, 0.2) is 47.7 Å². The summed E-state index contributed by atoms with van der Waals surface area (Å²) in [5.74, 6) is 0.890. The molecule has 1 saturated carbocycles. The minimum atomic E-state index is 0. The van der Waals surface area contributed by atoms with E-state index in [0.29, 0.717) is 25.6 Å². The Balaban J connectivity index is 0.00000280. The van der Waals surface area contributed by atoms with E-state index in [2.05, 4.69) is 38.2 Å². The number of benzene rings is 1. The van der Waals surface area contributed by atoms with Gasteiger partial charge in [-0.05, 0) is 36.5 Å². The molecule has 1 fully saturated rings. The van der Waals surface area contributed by atoms with Crippen LogP contribution in [0.4, 0.5) is 0 Å². The Morgan fingerprint density at radius 2 is 2.00 bits per heavy atom. The van der Waals surface area contributed by atoms with Crippen LogP contribution in [0, 0.1) is 0 Å². The number of halogens is 1. The van der Waals surface area contributed by atoms with Gasteiger partial charge in [-0.15, -0.1) is 24.0 Å². The average Bonchev–Trinajstić information content (AvgIpc) is 3.34. The van der Waals surface area contributed by atoms with Crippen LogP contribution in [0.25, 0.3) is 0 Å². The molecular weight excluding hydrogens is 467 g/mol. The molecule has 2 aromatic rings. The van der Waals surface area contributed by atoms with Gasteiger partial charge < -0.3 is 16.0 Å². The van der Waals surface area contributed by atoms with Crippen LogP contribution >= 0.6 is 24.0 Å². The van der Waals surface area contributed by atoms with Gasteiger partial charge in [0.15, 0.2) is 5.96 Å².